The van der Waals surface area contributed by atoms with Crippen LogP contribution in [0.4, 0.5) is 4.79 Å². The lowest BCUT2D eigenvalue weighted by molar-refractivity contribution is 0.196. The van der Waals surface area contributed by atoms with Crippen molar-refractivity contribution in [2.24, 2.45) is 0 Å². The number of β-amino-alcohol motifs (C(OH)–C–C–N with tert-alkyl or cyclic N) is 1. The van der Waals surface area contributed by atoms with Gasteiger partial charge in [0, 0.05) is 17.6 Å². The third kappa shape index (κ3) is 2.36. The summed E-state index contributed by atoms with van der Waals surface area (Å²) in [5.74, 6) is 0. The van der Waals surface area contributed by atoms with Gasteiger partial charge in [-0.15, -0.1) is 0 Å². The topological polar surface area (TPSA) is 52.6 Å². The van der Waals surface area contributed by atoms with Crippen molar-refractivity contribution < 1.29 is 9.90 Å². The number of aliphatic hydroxyl groups is 1. The zero-order chi connectivity index (χ0) is 11.5. The molecule has 1 aromatic rings. The van der Waals surface area contributed by atoms with Gasteiger partial charge in [0.1, 0.15) is 0 Å². The number of aliphatic hydroxyl groups excluding tert-OH is 1. The summed E-state index contributed by atoms with van der Waals surface area (Å²) in [6, 6.07) is 7.77. The molecule has 1 aliphatic heterocycles. The van der Waals surface area contributed by atoms with Gasteiger partial charge in [-0.05, 0) is 17.7 Å². The molecule has 5 heteroatoms. The van der Waals surface area contributed by atoms with E-state index in [1.807, 2.05) is 24.3 Å². The third-order valence-corrected chi connectivity index (χ3v) is 3.10. The van der Waals surface area contributed by atoms with Crippen molar-refractivity contribution in [1.82, 2.24) is 10.2 Å². The number of halogens is 1. The molecule has 86 valence electrons. The van der Waals surface area contributed by atoms with Crippen LogP contribution in [-0.4, -0.2) is 35.7 Å². The minimum Gasteiger partial charge on any atom is -0.395 e. The highest BCUT2D eigenvalue weighted by atomic mass is 79.9. The number of benzene rings is 1. The number of nitrogens with zero attached hydrogens (tertiary/aromatic N) is 1. The van der Waals surface area contributed by atoms with E-state index in [0.717, 1.165) is 10.0 Å². The first-order valence-corrected chi connectivity index (χ1v) is 5.92. The highest BCUT2D eigenvalue weighted by molar-refractivity contribution is 9.10. The molecule has 1 fully saturated rings. The quantitative estimate of drug-likeness (QED) is 0.884. The Balaban J connectivity index is 2.10. The van der Waals surface area contributed by atoms with Gasteiger partial charge in [-0.1, -0.05) is 28.1 Å². The molecule has 2 N–H and O–H groups in total. The van der Waals surface area contributed by atoms with Gasteiger partial charge in [-0.25, -0.2) is 4.79 Å². The van der Waals surface area contributed by atoms with Crippen molar-refractivity contribution >= 4 is 22.0 Å². The number of carbonyl (C=O) groups is 1. The van der Waals surface area contributed by atoms with Crippen LogP contribution < -0.4 is 5.32 Å². The Labute approximate surface area is 102 Å². The first kappa shape index (κ1) is 11.4. The average Bonchev–Trinajstić information content (AvgIpc) is 2.61. The number of amides is 2. The molecule has 1 unspecified atom stereocenters. The predicted octanol–water partition coefficient (Wildman–Crippen LogP) is 1.51. The number of urea groups is 1. The Morgan fingerprint density at radius 3 is 3.06 bits per heavy atom. The summed E-state index contributed by atoms with van der Waals surface area (Å²) in [5, 5.41) is 11.7. The van der Waals surface area contributed by atoms with Gasteiger partial charge in [0.15, 0.2) is 0 Å². The van der Waals surface area contributed by atoms with E-state index in [0.29, 0.717) is 13.1 Å². The van der Waals surface area contributed by atoms with Crippen molar-refractivity contribution in [3.63, 3.8) is 0 Å². The molecule has 1 aliphatic rings. The Morgan fingerprint density at radius 2 is 2.38 bits per heavy atom. The molecular formula is C11H13BrN2O2. The molecule has 1 atom stereocenters. The number of rotatable bonds is 3. The van der Waals surface area contributed by atoms with Crippen LogP contribution >= 0.6 is 15.9 Å². The molecule has 0 spiro atoms. The SMILES string of the molecule is O=C1NC(c2cccc(Br)c2)CN1CCO. The van der Waals surface area contributed by atoms with Gasteiger partial charge in [0.2, 0.25) is 0 Å². The average molecular weight is 285 g/mol. The highest BCUT2D eigenvalue weighted by Crippen LogP contribution is 2.22. The fourth-order valence-corrected chi connectivity index (χ4v) is 2.23. The lowest BCUT2D eigenvalue weighted by Crippen LogP contribution is -2.30. The van der Waals surface area contributed by atoms with Crippen molar-refractivity contribution in [1.29, 1.82) is 0 Å². The minimum absolute atomic E-state index is 0.00136. The fourth-order valence-electron chi connectivity index (χ4n) is 1.81. The molecule has 1 heterocycles. The van der Waals surface area contributed by atoms with Crippen LogP contribution in [0, 0.1) is 0 Å². The predicted molar refractivity (Wildman–Crippen MR) is 64.1 cm³/mol. The van der Waals surface area contributed by atoms with Crippen LogP contribution in [0.5, 0.6) is 0 Å². The smallest absolute Gasteiger partial charge is 0.318 e. The van der Waals surface area contributed by atoms with Gasteiger partial charge < -0.3 is 15.3 Å². The number of carbonyl (C=O) groups excluding carboxylic acids is 1. The van der Waals surface area contributed by atoms with Crippen LogP contribution in [0.3, 0.4) is 0 Å². The maximum absolute atomic E-state index is 11.5. The number of hydrogen-bond acceptors (Lipinski definition) is 2. The van der Waals surface area contributed by atoms with Gasteiger partial charge >= 0.3 is 6.03 Å². The maximum Gasteiger partial charge on any atom is 0.318 e. The second-order valence-electron chi connectivity index (χ2n) is 3.73. The van der Waals surface area contributed by atoms with E-state index in [1.54, 1.807) is 4.90 Å². The van der Waals surface area contributed by atoms with Gasteiger partial charge in [0.25, 0.3) is 0 Å². The summed E-state index contributed by atoms with van der Waals surface area (Å²) in [6.07, 6.45) is 0. The summed E-state index contributed by atoms with van der Waals surface area (Å²) in [6.45, 7) is 0.991. The van der Waals surface area contributed by atoms with Gasteiger partial charge in [-0.3, -0.25) is 0 Å². The second kappa shape index (κ2) is 4.84. The minimum atomic E-state index is -0.112. The summed E-state index contributed by atoms with van der Waals surface area (Å²) in [4.78, 5) is 13.1. The number of hydrogen-bond donors (Lipinski definition) is 2. The molecule has 1 aromatic carbocycles. The molecule has 2 rings (SSSR count). The van der Waals surface area contributed by atoms with E-state index in [2.05, 4.69) is 21.2 Å². The first-order chi connectivity index (χ1) is 7.70. The monoisotopic (exact) mass is 284 g/mol. The molecule has 0 aromatic heterocycles. The van der Waals surface area contributed by atoms with Gasteiger partial charge in [-0.2, -0.15) is 0 Å². The lowest BCUT2D eigenvalue weighted by Gasteiger charge is -2.12. The van der Waals surface area contributed by atoms with Crippen LogP contribution in [0.15, 0.2) is 28.7 Å². The maximum atomic E-state index is 11.5. The Bertz CT molecular complexity index is 397. The molecule has 16 heavy (non-hydrogen) atoms. The van der Waals surface area contributed by atoms with Crippen LogP contribution in [-0.2, 0) is 0 Å². The van der Waals surface area contributed by atoms with Crippen LogP contribution in [0.1, 0.15) is 11.6 Å². The Kier molecular flexibility index (Phi) is 3.46. The molecule has 0 bridgehead atoms. The first-order valence-electron chi connectivity index (χ1n) is 5.12. The number of nitrogens with one attached hydrogen (secondary N) is 1. The van der Waals surface area contributed by atoms with E-state index < -0.39 is 0 Å². The van der Waals surface area contributed by atoms with E-state index in [9.17, 15) is 4.79 Å². The van der Waals surface area contributed by atoms with Crippen molar-refractivity contribution in [3.8, 4) is 0 Å². The van der Waals surface area contributed by atoms with Crippen LogP contribution in [0.25, 0.3) is 0 Å². The third-order valence-electron chi connectivity index (χ3n) is 2.61. The van der Waals surface area contributed by atoms with Gasteiger partial charge in [0.05, 0.1) is 12.6 Å². The van der Waals surface area contributed by atoms with E-state index in [-0.39, 0.29) is 18.7 Å². The summed E-state index contributed by atoms with van der Waals surface area (Å²) in [5.41, 5.74) is 1.07. The van der Waals surface area contributed by atoms with E-state index >= 15 is 0 Å². The van der Waals surface area contributed by atoms with Crippen molar-refractivity contribution in [2.45, 2.75) is 6.04 Å². The molecule has 0 radical (unpaired) electrons. The molecule has 4 nitrogen and oxygen atoms in total. The largest absolute Gasteiger partial charge is 0.395 e. The standard InChI is InChI=1S/C11H13BrN2O2/c12-9-3-1-2-8(6-9)10-7-14(4-5-15)11(16)13-10/h1-3,6,10,15H,4-5,7H2,(H,13,16). The Hall–Kier alpha value is -1.07. The van der Waals surface area contributed by atoms with Crippen LogP contribution in [0.2, 0.25) is 0 Å². The summed E-state index contributed by atoms with van der Waals surface area (Å²) in [7, 11) is 0. The Morgan fingerprint density at radius 1 is 1.56 bits per heavy atom. The summed E-state index contributed by atoms with van der Waals surface area (Å²) < 4.78 is 1.000. The zero-order valence-electron chi connectivity index (χ0n) is 8.69. The zero-order valence-corrected chi connectivity index (χ0v) is 10.3. The van der Waals surface area contributed by atoms with E-state index in [4.69, 9.17) is 5.11 Å². The summed E-state index contributed by atoms with van der Waals surface area (Å²) >= 11 is 3.40. The molecular weight excluding hydrogens is 272 g/mol. The molecule has 2 amide bonds. The molecule has 1 saturated heterocycles. The lowest BCUT2D eigenvalue weighted by atomic mass is 10.1. The highest BCUT2D eigenvalue weighted by Gasteiger charge is 2.28. The van der Waals surface area contributed by atoms with Crippen molar-refractivity contribution in [2.75, 3.05) is 19.7 Å². The molecule has 0 aliphatic carbocycles. The molecule has 0 saturated carbocycles. The van der Waals surface area contributed by atoms with Crippen molar-refractivity contribution in [3.05, 3.63) is 34.3 Å². The van der Waals surface area contributed by atoms with E-state index in [1.165, 1.54) is 0 Å². The second-order valence-corrected chi connectivity index (χ2v) is 4.64. The normalized spacial score (nSPS) is 20.0. The fraction of sp³-hybridized carbons (Fsp3) is 0.364.